The van der Waals surface area contributed by atoms with Gasteiger partial charge in [-0.1, -0.05) is 36.4 Å². The molecule has 0 aliphatic carbocycles. The molecule has 0 bridgehead atoms. The summed E-state index contributed by atoms with van der Waals surface area (Å²) in [6.07, 6.45) is 3.57. The van der Waals surface area contributed by atoms with Gasteiger partial charge >= 0.3 is 0 Å². The average molecular weight is 388 g/mol. The number of benzene rings is 2. The van der Waals surface area contributed by atoms with Gasteiger partial charge in [0.05, 0.1) is 0 Å². The number of aromatic nitrogens is 1. The summed E-state index contributed by atoms with van der Waals surface area (Å²) in [4.78, 5) is 28.0. The molecule has 2 amide bonds. The van der Waals surface area contributed by atoms with Gasteiger partial charge in [0, 0.05) is 36.6 Å². The second kappa shape index (κ2) is 10.0. The molecule has 0 atom stereocenters. The molecular formula is C23H24N4O2. The molecule has 1 heterocycles. The third-order valence-electron chi connectivity index (χ3n) is 4.25. The summed E-state index contributed by atoms with van der Waals surface area (Å²) in [7, 11) is 0. The summed E-state index contributed by atoms with van der Waals surface area (Å²) < 4.78 is 0. The largest absolute Gasteiger partial charge is 0.370 e. The standard InChI is InChI=1S/C23H24N4O2/c1-17(28)26-20-10-5-11-21(16-20)27-23(29)19-12-14-25-22(15-19)24-13-6-9-18-7-3-2-4-8-18/h2-5,7-8,10-12,14-16H,6,9,13H2,1H3,(H,24,25)(H,26,28)(H,27,29). The molecule has 3 rings (SSSR count). The van der Waals surface area contributed by atoms with E-state index in [4.69, 9.17) is 0 Å². The van der Waals surface area contributed by atoms with E-state index < -0.39 is 0 Å². The van der Waals surface area contributed by atoms with Crippen LogP contribution in [0.4, 0.5) is 17.2 Å². The maximum Gasteiger partial charge on any atom is 0.255 e. The number of pyridine rings is 1. The Balaban J connectivity index is 1.54. The Kier molecular flexibility index (Phi) is 6.95. The second-order valence-electron chi connectivity index (χ2n) is 6.66. The minimum absolute atomic E-state index is 0.161. The predicted octanol–water partition coefficient (Wildman–Crippen LogP) is 4.34. The summed E-state index contributed by atoms with van der Waals surface area (Å²) in [5, 5.41) is 8.81. The zero-order chi connectivity index (χ0) is 20.5. The van der Waals surface area contributed by atoms with Gasteiger partial charge in [-0.15, -0.1) is 0 Å². The van der Waals surface area contributed by atoms with Crippen molar-refractivity contribution in [1.29, 1.82) is 0 Å². The first-order valence-corrected chi connectivity index (χ1v) is 9.53. The van der Waals surface area contributed by atoms with E-state index in [9.17, 15) is 9.59 Å². The monoisotopic (exact) mass is 388 g/mol. The van der Waals surface area contributed by atoms with Crippen molar-refractivity contribution in [3.63, 3.8) is 0 Å². The smallest absolute Gasteiger partial charge is 0.255 e. The van der Waals surface area contributed by atoms with Gasteiger partial charge in [-0.05, 0) is 48.7 Å². The molecule has 2 aromatic carbocycles. The number of carbonyl (C=O) groups excluding carboxylic acids is 2. The van der Waals surface area contributed by atoms with Crippen molar-refractivity contribution in [1.82, 2.24) is 4.98 Å². The van der Waals surface area contributed by atoms with Crippen molar-refractivity contribution >= 4 is 29.0 Å². The van der Waals surface area contributed by atoms with E-state index in [0.717, 1.165) is 19.4 Å². The van der Waals surface area contributed by atoms with E-state index in [1.807, 2.05) is 18.2 Å². The third-order valence-corrected chi connectivity index (χ3v) is 4.25. The fraction of sp³-hybridized carbons (Fsp3) is 0.174. The van der Waals surface area contributed by atoms with E-state index in [1.54, 1.807) is 42.6 Å². The number of anilines is 3. The lowest BCUT2D eigenvalue weighted by atomic mass is 10.1. The van der Waals surface area contributed by atoms with Crippen LogP contribution in [-0.2, 0) is 11.2 Å². The van der Waals surface area contributed by atoms with Crippen LogP contribution in [0.5, 0.6) is 0 Å². The molecule has 0 saturated heterocycles. The summed E-state index contributed by atoms with van der Waals surface area (Å²) in [6.45, 7) is 2.21. The molecular weight excluding hydrogens is 364 g/mol. The summed E-state index contributed by atoms with van der Waals surface area (Å²) >= 11 is 0. The van der Waals surface area contributed by atoms with Gasteiger partial charge in [-0.25, -0.2) is 4.98 Å². The summed E-state index contributed by atoms with van der Waals surface area (Å²) in [6, 6.07) is 20.7. The Hall–Kier alpha value is -3.67. The van der Waals surface area contributed by atoms with E-state index in [1.165, 1.54) is 12.5 Å². The zero-order valence-corrected chi connectivity index (χ0v) is 16.3. The van der Waals surface area contributed by atoms with Crippen LogP contribution in [0.2, 0.25) is 0 Å². The lowest BCUT2D eigenvalue weighted by molar-refractivity contribution is -0.114. The van der Waals surface area contributed by atoms with E-state index in [-0.39, 0.29) is 11.8 Å². The maximum atomic E-state index is 12.6. The van der Waals surface area contributed by atoms with Crippen LogP contribution in [-0.4, -0.2) is 23.3 Å². The SMILES string of the molecule is CC(=O)Nc1cccc(NC(=O)c2ccnc(NCCCc3ccccc3)c2)c1. The number of hydrogen-bond donors (Lipinski definition) is 3. The molecule has 0 saturated carbocycles. The lowest BCUT2D eigenvalue weighted by Crippen LogP contribution is -2.13. The van der Waals surface area contributed by atoms with Crippen molar-refractivity contribution in [2.45, 2.75) is 19.8 Å². The topological polar surface area (TPSA) is 83.1 Å². The number of nitrogens with one attached hydrogen (secondary N) is 3. The third kappa shape index (κ3) is 6.46. The Morgan fingerprint density at radius 3 is 2.41 bits per heavy atom. The van der Waals surface area contributed by atoms with Gasteiger partial charge < -0.3 is 16.0 Å². The quantitative estimate of drug-likeness (QED) is 0.501. The number of rotatable bonds is 8. The molecule has 3 N–H and O–H groups in total. The molecule has 6 nitrogen and oxygen atoms in total. The Morgan fingerprint density at radius 2 is 1.66 bits per heavy atom. The van der Waals surface area contributed by atoms with Gasteiger partial charge in [0.15, 0.2) is 0 Å². The number of amides is 2. The Labute approximate surface area is 170 Å². The van der Waals surface area contributed by atoms with Crippen molar-refractivity contribution < 1.29 is 9.59 Å². The molecule has 148 valence electrons. The molecule has 6 heteroatoms. The van der Waals surface area contributed by atoms with Gasteiger partial charge in [-0.3, -0.25) is 9.59 Å². The lowest BCUT2D eigenvalue weighted by Gasteiger charge is -2.10. The van der Waals surface area contributed by atoms with Crippen LogP contribution in [0.1, 0.15) is 29.3 Å². The van der Waals surface area contributed by atoms with Gasteiger partial charge in [0.25, 0.3) is 5.91 Å². The minimum Gasteiger partial charge on any atom is -0.370 e. The highest BCUT2D eigenvalue weighted by Gasteiger charge is 2.08. The van der Waals surface area contributed by atoms with Gasteiger partial charge in [0.2, 0.25) is 5.91 Å². The van der Waals surface area contributed by atoms with Crippen molar-refractivity contribution in [2.75, 3.05) is 22.5 Å². The number of aryl methyl sites for hydroxylation is 1. The van der Waals surface area contributed by atoms with Crippen molar-refractivity contribution in [2.24, 2.45) is 0 Å². The Morgan fingerprint density at radius 1 is 0.897 bits per heavy atom. The second-order valence-corrected chi connectivity index (χ2v) is 6.66. The average Bonchev–Trinajstić information content (AvgIpc) is 2.72. The first-order chi connectivity index (χ1) is 14.1. The van der Waals surface area contributed by atoms with E-state index >= 15 is 0 Å². The van der Waals surface area contributed by atoms with E-state index in [0.29, 0.717) is 22.8 Å². The van der Waals surface area contributed by atoms with E-state index in [2.05, 4.69) is 33.1 Å². The number of nitrogens with zero attached hydrogens (tertiary/aromatic N) is 1. The molecule has 1 aromatic heterocycles. The highest BCUT2D eigenvalue weighted by atomic mass is 16.2. The molecule has 3 aromatic rings. The van der Waals surface area contributed by atoms with Crippen LogP contribution in [0.3, 0.4) is 0 Å². The van der Waals surface area contributed by atoms with Gasteiger partial charge in [-0.2, -0.15) is 0 Å². The number of carbonyl (C=O) groups is 2. The Bertz CT molecular complexity index is 973. The maximum absolute atomic E-state index is 12.6. The van der Waals surface area contributed by atoms with Crippen LogP contribution in [0, 0.1) is 0 Å². The highest BCUT2D eigenvalue weighted by molar-refractivity contribution is 6.05. The molecule has 0 fully saturated rings. The van der Waals surface area contributed by atoms with Crippen LogP contribution < -0.4 is 16.0 Å². The minimum atomic E-state index is -0.236. The number of hydrogen-bond acceptors (Lipinski definition) is 4. The first kappa shape index (κ1) is 20.1. The highest BCUT2D eigenvalue weighted by Crippen LogP contribution is 2.17. The molecule has 0 aliphatic heterocycles. The fourth-order valence-electron chi connectivity index (χ4n) is 2.90. The summed E-state index contributed by atoms with van der Waals surface area (Å²) in [5.41, 5.74) is 3.05. The molecule has 29 heavy (non-hydrogen) atoms. The van der Waals surface area contributed by atoms with Gasteiger partial charge in [0.1, 0.15) is 5.82 Å². The van der Waals surface area contributed by atoms with Crippen molar-refractivity contribution in [3.8, 4) is 0 Å². The zero-order valence-electron chi connectivity index (χ0n) is 16.3. The molecule has 0 aliphatic rings. The predicted molar refractivity (Wildman–Crippen MR) is 116 cm³/mol. The molecule has 0 spiro atoms. The van der Waals surface area contributed by atoms with Crippen LogP contribution >= 0.6 is 0 Å². The molecule has 0 radical (unpaired) electrons. The normalized spacial score (nSPS) is 10.2. The fourth-order valence-corrected chi connectivity index (χ4v) is 2.90. The summed E-state index contributed by atoms with van der Waals surface area (Å²) in [5.74, 6) is 0.267. The van der Waals surface area contributed by atoms with Crippen molar-refractivity contribution in [3.05, 3.63) is 84.1 Å². The molecule has 0 unspecified atom stereocenters. The first-order valence-electron chi connectivity index (χ1n) is 9.53. The van der Waals surface area contributed by atoms with Crippen LogP contribution in [0.15, 0.2) is 72.9 Å². The van der Waals surface area contributed by atoms with Crippen LogP contribution in [0.25, 0.3) is 0 Å².